The number of carbonyl (C=O) groups is 2. The van der Waals surface area contributed by atoms with Gasteiger partial charge in [0.25, 0.3) is 11.8 Å². The summed E-state index contributed by atoms with van der Waals surface area (Å²) in [5.74, 6) is -2.22. The summed E-state index contributed by atoms with van der Waals surface area (Å²) in [6.45, 7) is 3.31. The molecule has 0 unspecified atom stereocenters. The minimum Gasteiger partial charge on any atom is -0.509 e. The number of oxime groups is 1. The molecule has 2 amide bonds. The second-order valence-electron chi connectivity index (χ2n) is 7.64. The fraction of sp³-hybridized carbons (Fsp3) is 0.412. The normalized spacial score (nSPS) is 22.0. The zero-order valence-corrected chi connectivity index (χ0v) is 19.1. The van der Waals surface area contributed by atoms with Gasteiger partial charge in [0, 0.05) is 5.38 Å². The Hall–Kier alpha value is -3.57. The number of anilines is 1. The lowest BCUT2D eigenvalue weighted by atomic mass is 9.79. The lowest BCUT2D eigenvalue weighted by Crippen LogP contribution is -2.73. The van der Waals surface area contributed by atoms with Gasteiger partial charge in [-0.1, -0.05) is 11.7 Å². The predicted molar refractivity (Wildman–Crippen MR) is 117 cm³/mol. The number of nitrogens with zero attached hydrogens (tertiary/aromatic N) is 6. The van der Waals surface area contributed by atoms with E-state index in [-0.39, 0.29) is 33.1 Å². The molecule has 1 saturated carbocycles. The molecule has 34 heavy (non-hydrogen) atoms. The topological polar surface area (TPSA) is 215 Å². The molecule has 4 rings (SSSR count). The molecule has 15 nitrogen and oxygen atoms in total. The molecule has 1 aliphatic carbocycles. The highest BCUT2D eigenvalue weighted by Gasteiger charge is 2.54. The number of aliphatic hydroxyl groups is 1. The maximum absolute atomic E-state index is 13.1. The van der Waals surface area contributed by atoms with Gasteiger partial charge in [-0.3, -0.25) is 18.8 Å². The van der Waals surface area contributed by atoms with Crippen LogP contribution in [0.4, 0.5) is 5.13 Å². The Morgan fingerprint density at radius 1 is 1.47 bits per heavy atom. The Morgan fingerprint density at radius 3 is 2.71 bits per heavy atom. The Balaban J connectivity index is 1.59. The molecule has 2 aliphatic rings. The number of nitrogen functional groups attached to an aromatic ring is 1. The summed E-state index contributed by atoms with van der Waals surface area (Å²) in [5.41, 5.74) is 4.22. The molecule has 2 aromatic heterocycles. The first-order valence-corrected chi connectivity index (χ1v) is 12.1. The van der Waals surface area contributed by atoms with Crippen LogP contribution in [0.2, 0.25) is 0 Å². The predicted octanol–water partition coefficient (Wildman–Crippen LogP) is -0.769. The number of carbonyl (C=O) groups excluding carboxylic acids is 2. The van der Waals surface area contributed by atoms with E-state index in [1.165, 1.54) is 22.7 Å². The van der Waals surface area contributed by atoms with Crippen LogP contribution >= 0.6 is 11.3 Å². The fourth-order valence-electron chi connectivity index (χ4n) is 3.53. The summed E-state index contributed by atoms with van der Waals surface area (Å²) >= 11 is 1.03. The van der Waals surface area contributed by atoms with Crippen molar-refractivity contribution < 1.29 is 32.5 Å². The van der Waals surface area contributed by atoms with Gasteiger partial charge in [-0.25, -0.2) is 14.3 Å². The Kier molecular flexibility index (Phi) is 6.00. The summed E-state index contributed by atoms with van der Waals surface area (Å²) in [7, 11) is -4.89. The summed E-state index contributed by atoms with van der Waals surface area (Å²) < 4.78 is 34.3. The van der Waals surface area contributed by atoms with Crippen LogP contribution in [0.25, 0.3) is 0 Å². The number of β-lactam (4-membered cyclic amide) rings is 1. The van der Waals surface area contributed by atoms with Crippen molar-refractivity contribution in [2.75, 3.05) is 5.73 Å². The molecule has 2 atom stereocenters. The molecule has 2 aromatic rings. The number of rotatable bonds is 9. The number of hydrogen-bond acceptors (Lipinski definition) is 12. The molecular weight excluding hydrogens is 492 g/mol. The zero-order chi connectivity index (χ0) is 24.7. The smallest absolute Gasteiger partial charge is 0.362 e. The summed E-state index contributed by atoms with van der Waals surface area (Å²) in [6.07, 6.45) is 4.11. The quantitative estimate of drug-likeness (QED) is 0.108. The molecule has 0 radical (unpaired) electrons. The van der Waals surface area contributed by atoms with Gasteiger partial charge < -0.3 is 21.0 Å². The number of aromatic nitrogens is 4. The number of thiazole rings is 1. The van der Waals surface area contributed by atoms with Gasteiger partial charge in [-0.05, 0) is 19.3 Å². The minimum absolute atomic E-state index is 0.0456. The van der Waals surface area contributed by atoms with Gasteiger partial charge in [0.05, 0.1) is 12.6 Å². The maximum atomic E-state index is 13.1. The molecule has 2 fully saturated rings. The number of nitrogens with two attached hydrogens (primary N) is 1. The summed E-state index contributed by atoms with van der Waals surface area (Å²) in [6, 6.07) is -2.53. The van der Waals surface area contributed by atoms with Crippen LogP contribution in [0.3, 0.4) is 0 Å². The second kappa shape index (κ2) is 8.65. The zero-order valence-electron chi connectivity index (χ0n) is 17.4. The van der Waals surface area contributed by atoms with Crippen molar-refractivity contribution in [3.8, 4) is 0 Å². The van der Waals surface area contributed by atoms with Gasteiger partial charge in [0.1, 0.15) is 30.1 Å². The number of aliphatic hydroxyl groups excluding tert-OH is 1. The average Bonchev–Trinajstić information content (AvgIpc) is 3.38. The Bertz CT molecular complexity index is 1250. The third kappa shape index (κ3) is 4.31. The van der Waals surface area contributed by atoms with Crippen LogP contribution in [0, 0.1) is 0 Å². The van der Waals surface area contributed by atoms with E-state index in [1.807, 2.05) is 0 Å². The molecule has 0 spiro atoms. The lowest BCUT2D eigenvalue weighted by Gasteiger charge is -2.43. The van der Waals surface area contributed by atoms with Crippen molar-refractivity contribution in [3.63, 3.8) is 0 Å². The van der Waals surface area contributed by atoms with E-state index < -0.39 is 39.8 Å². The van der Waals surface area contributed by atoms with Gasteiger partial charge in [-0.15, -0.1) is 11.3 Å². The molecule has 3 heterocycles. The van der Waals surface area contributed by atoms with Crippen molar-refractivity contribution in [3.05, 3.63) is 36.1 Å². The van der Waals surface area contributed by atoms with Crippen LogP contribution in [0.1, 0.15) is 25.0 Å². The highest BCUT2D eigenvalue weighted by Crippen LogP contribution is 2.40. The van der Waals surface area contributed by atoms with E-state index in [4.69, 9.17) is 10.6 Å². The van der Waals surface area contributed by atoms with E-state index in [9.17, 15) is 27.7 Å². The molecule has 0 bridgehead atoms. The molecule has 1 saturated heterocycles. The first-order chi connectivity index (χ1) is 16.0. The first kappa shape index (κ1) is 23.6. The SMILES string of the molecule is C=C(O)C1(O/N=C(\C(=O)N[C@@H]2C(=O)N(S(=O)(=O)O)[C@@H]2Cn2cncn2)c2csc(N)n2)CCC1. The summed E-state index contributed by atoms with van der Waals surface area (Å²) in [4.78, 5) is 38.8. The van der Waals surface area contributed by atoms with Gasteiger partial charge >= 0.3 is 10.3 Å². The first-order valence-electron chi connectivity index (χ1n) is 9.82. The Labute approximate surface area is 196 Å². The van der Waals surface area contributed by atoms with E-state index in [2.05, 4.69) is 32.1 Å². The van der Waals surface area contributed by atoms with Gasteiger partial charge in [0.15, 0.2) is 16.4 Å². The van der Waals surface area contributed by atoms with Crippen molar-refractivity contribution in [1.29, 1.82) is 0 Å². The van der Waals surface area contributed by atoms with Crippen LogP contribution in [0.15, 0.2) is 35.5 Å². The highest BCUT2D eigenvalue weighted by molar-refractivity contribution is 7.84. The fourth-order valence-corrected chi connectivity index (χ4v) is 4.95. The van der Waals surface area contributed by atoms with E-state index in [1.54, 1.807) is 0 Å². The third-order valence-corrected chi connectivity index (χ3v) is 7.15. The van der Waals surface area contributed by atoms with Crippen molar-refractivity contribution in [1.82, 2.24) is 29.4 Å². The summed E-state index contributed by atoms with van der Waals surface area (Å²) in [5, 5.41) is 21.6. The van der Waals surface area contributed by atoms with E-state index in [0.29, 0.717) is 12.8 Å². The number of nitrogens with one attached hydrogen (secondary N) is 1. The number of amides is 2. The maximum Gasteiger partial charge on any atom is 0.362 e. The largest absolute Gasteiger partial charge is 0.509 e. The van der Waals surface area contributed by atoms with E-state index >= 15 is 0 Å². The molecule has 182 valence electrons. The van der Waals surface area contributed by atoms with Crippen LogP contribution in [0.5, 0.6) is 0 Å². The lowest BCUT2D eigenvalue weighted by molar-refractivity contribution is -0.145. The number of hydrogen-bond donors (Lipinski definition) is 4. The van der Waals surface area contributed by atoms with Gasteiger partial charge in [0.2, 0.25) is 0 Å². The van der Waals surface area contributed by atoms with Crippen LogP contribution < -0.4 is 11.1 Å². The van der Waals surface area contributed by atoms with Crippen molar-refractivity contribution >= 4 is 44.3 Å². The van der Waals surface area contributed by atoms with Crippen LogP contribution in [-0.4, -0.2) is 77.3 Å². The van der Waals surface area contributed by atoms with Gasteiger partial charge in [-0.2, -0.15) is 13.5 Å². The third-order valence-electron chi connectivity index (χ3n) is 5.52. The second-order valence-corrected chi connectivity index (χ2v) is 9.82. The van der Waals surface area contributed by atoms with E-state index in [0.717, 1.165) is 17.8 Å². The highest BCUT2D eigenvalue weighted by atomic mass is 32.2. The standard InChI is InChI=1S/C17H20N8O7S2/c1-9(26)17(3-2-4-17)32-23-12(10-6-33-16(18)21-10)14(27)22-13-11(5-24-8-19-7-20-24)25(15(13)28)34(29,30)31/h6-8,11,13,26H,1-5H2,(H2,18,21)(H,22,27)(H,29,30,31)/b23-12-/t11-,13+/m1/s1. The van der Waals surface area contributed by atoms with Crippen molar-refractivity contribution in [2.45, 2.75) is 43.5 Å². The van der Waals surface area contributed by atoms with Crippen molar-refractivity contribution in [2.24, 2.45) is 5.16 Å². The average molecular weight is 513 g/mol. The molecule has 5 N–H and O–H groups in total. The van der Waals surface area contributed by atoms with Crippen LogP contribution in [-0.2, 0) is 31.3 Å². The molecule has 1 aliphatic heterocycles. The molecular formula is C17H20N8O7S2. The minimum atomic E-state index is -4.89. The molecule has 0 aromatic carbocycles. The molecule has 17 heteroatoms. The monoisotopic (exact) mass is 512 g/mol. The Morgan fingerprint density at radius 2 is 2.21 bits per heavy atom.